The molecule has 0 bridgehead atoms. The Balaban J connectivity index is 5.16. The zero-order valence-corrected chi connectivity index (χ0v) is 11.0. The van der Waals surface area contributed by atoms with Gasteiger partial charge < -0.3 is 15.0 Å². The van der Waals surface area contributed by atoms with Crippen LogP contribution in [-0.4, -0.2) is 66.9 Å². The number of hydrogen-bond donors (Lipinski definition) is 4. The van der Waals surface area contributed by atoms with E-state index in [1.165, 1.54) is 0 Å². The van der Waals surface area contributed by atoms with Crippen LogP contribution >= 0.6 is 0 Å². The quantitative estimate of drug-likeness (QED) is 0.269. The molecule has 0 spiro atoms. The van der Waals surface area contributed by atoms with E-state index >= 15 is 0 Å². The number of hydrogen-bond acceptors (Lipinski definition) is 9. The summed E-state index contributed by atoms with van der Waals surface area (Å²) in [5, 5.41) is 18.6. The molecule has 0 fully saturated rings. The van der Waals surface area contributed by atoms with Gasteiger partial charge in [-0.3, -0.25) is 9.11 Å². The van der Waals surface area contributed by atoms with Gasteiger partial charge in [-0.1, -0.05) is 0 Å². The molecule has 0 aliphatic carbocycles. The van der Waals surface area contributed by atoms with Crippen LogP contribution in [0.25, 0.3) is 0 Å². The molecule has 0 unspecified atom stereocenters. The van der Waals surface area contributed by atoms with Crippen molar-refractivity contribution in [2.75, 3.05) is 0 Å². The molecule has 0 amide bonds. The first-order chi connectivity index (χ1) is 8.37. The van der Waals surface area contributed by atoms with E-state index in [9.17, 15) is 26.7 Å². The summed E-state index contributed by atoms with van der Waals surface area (Å²) in [7, 11) is -10.2. The summed E-state index contributed by atoms with van der Waals surface area (Å²) in [6.45, 7) is 0.925. The molecular weight excluding hydrogens is 312 g/mol. The van der Waals surface area contributed by atoms with Crippen LogP contribution in [0.2, 0.25) is 0 Å². The molecule has 0 aliphatic rings. The second-order valence-corrected chi connectivity index (χ2v) is 5.44. The Morgan fingerprint density at radius 1 is 1.00 bits per heavy atom. The van der Waals surface area contributed by atoms with Crippen molar-refractivity contribution in [3.05, 3.63) is 0 Å². The molecule has 0 aromatic heterocycles. The normalized spacial score (nSPS) is 19.4. The Hall–Kier alpha value is -0.670. The van der Waals surface area contributed by atoms with Crippen LogP contribution in [0.15, 0.2) is 0 Å². The van der Waals surface area contributed by atoms with Crippen LogP contribution in [-0.2, 0) is 34.0 Å². The minimum atomic E-state index is -5.12. The molecule has 4 atom stereocenters. The lowest BCUT2D eigenvalue weighted by atomic mass is 10.1. The third-order valence-electron chi connectivity index (χ3n) is 1.75. The highest BCUT2D eigenvalue weighted by molar-refractivity contribution is 7.81. The first kappa shape index (κ1) is 18.3. The predicted molar refractivity (Wildman–Crippen MR) is 56.6 cm³/mol. The lowest BCUT2D eigenvalue weighted by molar-refractivity contribution is -0.127. The maximum absolute atomic E-state index is 10.5. The largest absolute Gasteiger partial charge is 0.398 e. The van der Waals surface area contributed by atoms with Gasteiger partial charge in [-0.25, -0.2) is 8.37 Å². The fourth-order valence-electron chi connectivity index (χ4n) is 1.05. The summed E-state index contributed by atoms with van der Waals surface area (Å²) in [4.78, 5) is 10.5. The highest BCUT2D eigenvalue weighted by Crippen LogP contribution is 2.14. The van der Waals surface area contributed by atoms with Crippen molar-refractivity contribution < 1.29 is 49.3 Å². The molecule has 0 saturated carbocycles. The van der Waals surface area contributed by atoms with Gasteiger partial charge in [0.2, 0.25) is 0 Å². The third-order valence-corrected chi connectivity index (χ3v) is 2.68. The molecule has 114 valence electrons. The molecule has 0 aliphatic heterocycles. The fraction of sp³-hybridized carbons (Fsp3) is 0.833. The maximum Gasteiger partial charge on any atom is 0.398 e. The standard InChI is InChI=1S/C6H12O11S2/c1-3(8)6(17-19(13,14)15)5(9)4(2-7)16-18(10,11)12/h2-6,8-9H,1H3,(H,10,11,12)(H,13,14,15)/t3-,4+,5-,6+/m0/s1. The Morgan fingerprint density at radius 3 is 1.68 bits per heavy atom. The topological polar surface area (TPSA) is 185 Å². The smallest absolute Gasteiger partial charge is 0.391 e. The summed E-state index contributed by atoms with van der Waals surface area (Å²) in [6.07, 6.45) is -8.67. The molecule has 0 saturated heterocycles. The molecule has 13 heteroatoms. The van der Waals surface area contributed by atoms with E-state index < -0.39 is 45.2 Å². The molecule has 0 aromatic carbocycles. The lowest BCUT2D eigenvalue weighted by Crippen LogP contribution is -2.48. The number of carbonyl (C=O) groups excluding carboxylic acids is 1. The average Bonchev–Trinajstić information content (AvgIpc) is 2.18. The minimum absolute atomic E-state index is 0.277. The van der Waals surface area contributed by atoms with Gasteiger partial charge in [0.05, 0.1) is 6.10 Å². The van der Waals surface area contributed by atoms with Crippen molar-refractivity contribution in [2.24, 2.45) is 0 Å². The van der Waals surface area contributed by atoms with Crippen molar-refractivity contribution in [3.8, 4) is 0 Å². The van der Waals surface area contributed by atoms with Gasteiger partial charge in [-0.2, -0.15) is 16.8 Å². The van der Waals surface area contributed by atoms with Gasteiger partial charge in [0.1, 0.15) is 12.2 Å². The summed E-state index contributed by atoms with van der Waals surface area (Å²) in [5.41, 5.74) is 0. The summed E-state index contributed by atoms with van der Waals surface area (Å²) >= 11 is 0. The Bertz CT molecular complexity index is 491. The van der Waals surface area contributed by atoms with Crippen molar-refractivity contribution >= 4 is 27.1 Å². The second-order valence-electron chi connectivity index (χ2n) is 3.34. The molecule has 11 nitrogen and oxygen atoms in total. The highest BCUT2D eigenvalue weighted by Gasteiger charge is 2.37. The Kier molecular flexibility index (Phi) is 6.43. The van der Waals surface area contributed by atoms with Crippen LogP contribution in [0.1, 0.15) is 6.92 Å². The number of rotatable bonds is 8. The monoisotopic (exact) mass is 324 g/mol. The predicted octanol–water partition coefficient (Wildman–Crippen LogP) is -2.70. The number of carbonyl (C=O) groups is 1. The third kappa shape index (κ3) is 7.48. The van der Waals surface area contributed by atoms with Crippen LogP contribution in [0.3, 0.4) is 0 Å². The Morgan fingerprint density at radius 2 is 1.42 bits per heavy atom. The van der Waals surface area contributed by atoms with Crippen molar-refractivity contribution in [2.45, 2.75) is 31.3 Å². The first-order valence-electron chi connectivity index (χ1n) is 4.50. The maximum atomic E-state index is 10.5. The average molecular weight is 324 g/mol. The van der Waals surface area contributed by atoms with Crippen LogP contribution < -0.4 is 0 Å². The SMILES string of the molecule is C[C@H](O)[C@@H](OS(=O)(=O)O)[C@@H](O)[C@@H](C=O)OS(=O)(=O)O. The van der Waals surface area contributed by atoms with Gasteiger partial charge in [-0.05, 0) is 6.92 Å². The molecule has 0 radical (unpaired) electrons. The lowest BCUT2D eigenvalue weighted by Gasteiger charge is -2.26. The first-order valence-corrected chi connectivity index (χ1v) is 7.23. The van der Waals surface area contributed by atoms with Crippen LogP contribution in [0.5, 0.6) is 0 Å². The van der Waals surface area contributed by atoms with E-state index in [0.29, 0.717) is 0 Å². The molecule has 4 N–H and O–H groups in total. The Labute approximate surface area is 108 Å². The zero-order chi connectivity index (χ0) is 15.4. The molecule has 0 heterocycles. The van der Waals surface area contributed by atoms with E-state index in [0.717, 1.165) is 6.92 Å². The molecular formula is C6H12O11S2. The number of aldehydes is 1. The molecule has 0 aromatic rings. The number of aliphatic hydroxyl groups is 2. The summed E-state index contributed by atoms with van der Waals surface area (Å²) in [5.74, 6) is 0. The van der Waals surface area contributed by atoms with Crippen molar-refractivity contribution in [3.63, 3.8) is 0 Å². The highest BCUT2D eigenvalue weighted by atomic mass is 32.3. The van der Waals surface area contributed by atoms with E-state index in [4.69, 9.17) is 14.2 Å². The molecule has 19 heavy (non-hydrogen) atoms. The molecule has 0 rings (SSSR count). The second kappa shape index (κ2) is 6.67. The number of aliphatic hydroxyl groups excluding tert-OH is 2. The summed E-state index contributed by atoms with van der Waals surface area (Å²) in [6, 6.07) is 0. The summed E-state index contributed by atoms with van der Waals surface area (Å²) < 4.78 is 66.0. The van der Waals surface area contributed by atoms with E-state index in [2.05, 4.69) is 8.37 Å². The van der Waals surface area contributed by atoms with E-state index in [1.54, 1.807) is 0 Å². The van der Waals surface area contributed by atoms with Gasteiger partial charge >= 0.3 is 20.8 Å². The van der Waals surface area contributed by atoms with Gasteiger partial charge in [0, 0.05) is 0 Å². The van der Waals surface area contributed by atoms with E-state index in [-0.39, 0.29) is 6.29 Å². The van der Waals surface area contributed by atoms with Crippen molar-refractivity contribution in [1.29, 1.82) is 0 Å². The van der Waals surface area contributed by atoms with Crippen LogP contribution in [0, 0.1) is 0 Å². The van der Waals surface area contributed by atoms with E-state index in [1.807, 2.05) is 0 Å². The van der Waals surface area contributed by atoms with Gasteiger partial charge in [0.25, 0.3) is 0 Å². The van der Waals surface area contributed by atoms with Crippen LogP contribution in [0.4, 0.5) is 0 Å². The van der Waals surface area contributed by atoms with Gasteiger partial charge in [-0.15, -0.1) is 0 Å². The minimum Gasteiger partial charge on any atom is -0.391 e. The fourth-order valence-corrected chi connectivity index (χ4v) is 2.05. The van der Waals surface area contributed by atoms with Crippen molar-refractivity contribution in [1.82, 2.24) is 0 Å². The van der Waals surface area contributed by atoms with Gasteiger partial charge in [0.15, 0.2) is 12.4 Å². The zero-order valence-electron chi connectivity index (χ0n) is 9.35.